The molecule has 0 aliphatic heterocycles. The van der Waals surface area contributed by atoms with E-state index in [1.807, 2.05) is 41.1 Å². The fraction of sp³-hybridized carbons (Fsp3) is 0.182. The van der Waals surface area contributed by atoms with Gasteiger partial charge in [0.25, 0.3) is 0 Å². The van der Waals surface area contributed by atoms with Crippen LogP contribution in [0.25, 0.3) is 10.9 Å². The summed E-state index contributed by atoms with van der Waals surface area (Å²) in [4.78, 5) is 11.6. The van der Waals surface area contributed by atoms with Gasteiger partial charge in [0.2, 0.25) is 0 Å². The van der Waals surface area contributed by atoms with Crippen LogP contribution in [0.3, 0.4) is 0 Å². The van der Waals surface area contributed by atoms with Crippen molar-refractivity contribution in [1.29, 1.82) is 0 Å². The molecule has 0 aliphatic rings. The van der Waals surface area contributed by atoms with Crippen LogP contribution in [0.15, 0.2) is 23.0 Å². The smallest absolute Gasteiger partial charge is 0.189 e. The molecule has 1 aromatic heterocycles. The first-order chi connectivity index (χ1) is 7.00. The van der Waals surface area contributed by atoms with E-state index in [9.17, 15) is 9.18 Å². The van der Waals surface area contributed by atoms with Crippen LogP contribution in [0.1, 0.15) is 5.69 Å². The van der Waals surface area contributed by atoms with E-state index < -0.39 is 0 Å². The molecule has 78 valence electrons. The summed E-state index contributed by atoms with van der Waals surface area (Å²) in [5.74, 6) is -0.343. The Hall–Kier alpha value is -0.910. The standard InChI is InChI=1S/C11H9FINO/c1-6-3-11(15)7-4-8(12)9(13)5-10(7)14(6)2/h3-5H,1-2H3. The third-order valence-electron chi connectivity index (χ3n) is 2.53. The van der Waals surface area contributed by atoms with E-state index in [4.69, 9.17) is 0 Å². The summed E-state index contributed by atoms with van der Waals surface area (Å²) in [6.07, 6.45) is 0. The minimum Gasteiger partial charge on any atom is -0.348 e. The average molecular weight is 317 g/mol. The molecule has 0 bridgehead atoms. The Morgan fingerprint density at radius 2 is 2.00 bits per heavy atom. The molecule has 15 heavy (non-hydrogen) atoms. The van der Waals surface area contributed by atoms with E-state index >= 15 is 0 Å². The number of pyridine rings is 1. The van der Waals surface area contributed by atoms with Crippen LogP contribution in [0.5, 0.6) is 0 Å². The van der Waals surface area contributed by atoms with Gasteiger partial charge in [-0.15, -0.1) is 0 Å². The highest BCUT2D eigenvalue weighted by Crippen LogP contribution is 2.18. The maximum Gasteiger partial charge on any atom is 0.189 e. The normalized spacial score (nSPS) is 10.9. The predicted molar refractivity (Wildman–Crippen MR) is 66.6 cm³/mol. The van der Waals surface area contributed by atoms with Gasteiger partial charge in [0.1, 0.15) is 5.82 Å². The van der Waals surface area contributed by atoms with Crippen molar-refractivity contribution >= 4 is 33.5 Å². The monoisotopic (exact) mass is 317 g/mol. The van der Waals surface area contributed by atoms with Crippen molar-refractivity contribution < 1.29 is 4.39 Å². The van der Waals surface area contributed by atoms with Gasteiger partial charge in [-0.25, -0.2) is 4.39 Å². The molecule has 0 aliphatic carbocycles. The maximum atomic E-state index is 13.3. The summed E-state index contributed by atoms with van der Waals surface area (Å²) in [6.45, 7) is 1.86. The summed E-state index contributed by atoms with van der Waals surface area (Å²) in [5.41, 5.74) is 1.51. The zero-order chi connectivity index (χ0) is 11.2. The first-order valence-corrected chi connectivity index (χ1v) is 5.54. The molecule has 0 amide bonds. The fourth-order valence-electron chi connectivity index (χ4n) is 1.57. The maximum absolute atomic E-state index is 13.3. The van der Waals surface area contributed by atoms with Crippen molar-refractivity contribution in [2.24, 2.45) is 7.05 Å². The topological polar surface area (TPSA) is 22.0 Å². The van der Waals surface area contributed by atoms with E-state index in [0.717, 1.165) is 11.2 Å². The summed E-state index contributed by atoms with van der Waals surface area (Å²) >= 11 is 1.92. The van der Waals surface area contributed by atoms with Crippen LogP contribution < -0.4 is 5.43 Å². The van der Waals surface area contributed by atoms with Crippen LogP contribution in [-0.4, -0.2) is 4.57 Å². The van der Waals surface area contributed by atoms with E-state index in [2.05, 4.69) is 0 Å². The van der Waals surface area contributed by atoms with Gasteiger partial charge in [-0.3, -0.25) is 4.79 Å². The molecule has 0 spiro atoms. The first-order valence-electron chi connectivity index (χ1n) is 4.46. The highest BCUT2D eigenvalue weighted by Gasteiger charge is 2.07. The van der Waals surface area contributed by atoms with Gasteiger partial charge >= 0.3 is 0 Å². The number of aromatic nitrogens is 1. The second-order valence-corrected chi connectivity index (χ2v) is 4.65. The third-order valence-corrected chi connectivity index (χ3v) is 3.36. The van der Waals surface area contributed by atoms with Crippen LogP contribution in [0.2, 0.25) is 0 Å². The summed E-state index contributed by atoms with van der Waals surface area (Å²) in [7, 11) is 1.87. The second-order valence-electron chi connectivity index (χ2n) is 3.49. The largest absolute Gasteiger partial charge is 0.348 e. The Labute approximate surface area is 99.9 Å². The van der Waals surface area contributed by atoms with Crippen LogP contribution in [0, 0.1) is 16.3 Å². The molecular formula is C11H9FINO. The molecule has 0 saturated carbocycles. The minimum atomic E-state index is -0.343. The summed E-state index contributed by atoms with van der Waals surface area (Å²) in [6, 6.07) is 4.52. The number of hydrogen-bond donors (Lipinski definition) is 0. The van der Waals surface area contributed by atoms with Gasteiger partial charge in [-0.05, 0) is 41.6 Å². The van der Waals surface area contributed by atoms with Gasteiger partial charge < -0.3 is 4.57 Å². The quantitative estimate of drug-likeness (QED) is 0.685. The highest BCUT2D eigenvalue weighted by molar-refractivity contribution is 14.1. The summed E-state index contributed by atoms with van der Waals surface area (Å²) < 4.78 is 15.7. The van der Waals surface area contributed by atoms with Gasteiger partial charge in [0.15, 0.2) is 5.43 Å². The average Bonchev–Trinajstić information content (AvgIpc) is 2.18. The number of nitrogens with zero attached hydrogens (tertiary/aromatic N) is 1. The van der Waals surface area contributed by atoms with E-state index in [-0.39, 0.29) is 11.2 Å². The lowest BCUT2D eigenvalue weighted by Gasteiger charge is -2.09. The van der Waals surface area contributed by atoms with Crippen molar-refractivity contribution in [2.75, 3.05) is 0 Å². The number of hydrogen-bond acceptors (Lipinski definition) is 1. The molecule has 2 nitrogen and oxygen atoms in total. The first kappa shape index (κ1) is 10.6. The lowest BCUT2D eigenvalue weighted by atomic mass is 10.2. The molecule has 0 radical (unpaired) electrons. The second kappa shape index (κ2) is 3.59. The summed E-state index contributed by atoms with van der Waals surface area (Å²) in [5, 5.41) is 0.431. The number of halogens is 2. The Morgan fingerprint density at radius 1 is 1.33 bits per heavy atom. The van der Waals surface area contributed by atoms with Gasteiger partial charge in [-0.2, -0.15) is 0 Å². The molecule has 0 saturated heterocycles. The van der Waals surface area contributed by atoms with Crippen molar-refractivity contribution in [2.45, 2.75) is 6.92 Å². The molecule has 2 rings (SSSR count). The molecule has 4 heteroatoms. The van der Waals surface area contributed by atoms with Crippen LogP contribution in [-0.2, 0) is 7.05 Å². The Kier molecular flexibility index (Phi) is 2.54. The molecule has 0 atom stereocenters. The number of aryl methyl sites for hydroxylation is 2. The highest BCUT2D eigenvalue weighted by atomic mass is 127. The molecule has 0 fully saturated rings. The number of benzene rings is 1. The minimum absolute atomic E-state index is 0.129. The van der Waals surface area contributed by atoms with Crippen molar-refractivity contribution in [1.82, 2.24) is 4.57 Å². The Morgan fingerprint density at radius 3 is 2.67 bits per heavy atom. The lowest BCUT2D eigenvalue weighted by molar-refractivity contribution is 0.622. The Balaban J connectivity index is 3.04. The fourth-order valence-corrected chi connectivity index (χ4v) is 2.02. The van der Waals surface area contributed by atoms with Crippen LogP contribution >= 0.6 is 22.6 Å². The number of fused-ring (bicyclic) bond motifs is 1. The molecule has 2 aromatic rings. The van der Waals surface area contributed by atoms with Gasteiger partial charge in [-0.1, -0.05) is 0 Å². The molecule has 0 N–H and O–H groups in total. The van der Waals surface area contributed by atoms with E-state index in [0.29, 0.717) is 8.96 Å². The SMILES string of the molecule is Cc1cc(=O)c2cc(F)c(I)cc2n1C. The van der Waals surface area contributed by atoms with Gasteiger partial charge in [0, 0.05) is 24.2 Å². The Bertz CT molecular complexity index is 604. The molecule has 1 aromatic carbocycles. The molecule has 0 unspecified atom stereocenters. The van der Waals surface area contributed by atoms with E-state index in [1.54, 1.807) is 6.07 Å². The van der Waals surface area contributed by atoms with Crippen molar-refractivity contribution in [3.63, 3.8) is 0 Å². The lowest BCUT2D eigenvalue weighted by Crippen LogP contribution is -2.09. The zero-order valence-corrected chi connectivity index (χ0v) is 10.5. The molecular weight excluding hydrogens is 308 g/mol. The predicted octanol–water partition coefficient (Wildman–Crippen LogP) is 2.59. The third kappa shape index (κ3) is 1.67. The van der Waals surface area contributed by atoms with E-state index in [1.165, 1.54) is 12.1 Å². The molecule has 1 heterocycles. The van der Waals surface area contributed by atoms with Crippen molar-refractivity contribution in [3.05, 3.63) is 43.5 Å². The van der Waals surface area contributed by atoms with Crippen molar-refractivity contribution in [3.8, 4) is 0 Å². The van der Waals surface area contributed by atoms with Gasteiger partial charge in [0.05, 0.1) is 9.09 Å². The zero-order valence-electron chi connectivity index (χ0n) is 8.34. The van der Waals surface area contributed by atoms with Crippen LogP contribution in [0.4, 0.5) is 4.39 Å². The number of rotatable bonds is 0.